The van der Waals surface area contributed by atoms with Gasteiger partial charge in [-0.2, -0.15) is 0 Å². The number of aromatic nitrogens is 1. The number of fused-ring (bicyclic) bond motifs is 2. The maximum atomic E-state index is 3.27. The molecule has 1 aromatic heterocycles. The van der Waals surface area contributed by atoms with Crippen molar-refractivity contribution in [2.75, 3.05) is 4.90 Å². The minimum atomic E-state index is 0.995. The second kappa shape index (κ2) is 4.02. The maximum Gasteiger partial charge on any atom is 0.0897 e. The average molecular weight is 245 g/mol. The van der Waals surface area contributed by atoms with E-state index in [2.05, 4.69) is 70.8 Å². The van der Waals surface area contributed by atoms with Gasteiger partial charge in [0.25, 0.3) is 0 Å². The minimum absolute atomic E-state index is 0.995. The minimum Gasteiger partial charge on any atom is -0.351 e. The average Bonchev–Trinajstić information content (AvgIpc) is 2.90. The largest absolute Gasteiger partial charge is 0.351 e. The highest BCUT2D eigenvalue weighted by Crippen LogP contribution is 2.36. The standard InChI is InChI=1S/C17H13N2/c1-4-10-16-13(6-1)7-5-11-19(16)17-12-18-15-9-3-2-8-14(15)17/h1-6,8-11,18H,7H2. The first kappa shape index (κ1) is 10.4. The summed E-state index contributed by atoms with van der Waals surface area (Å²) in [4.78, 5) is 5.42. The molecular weight excluding hydrogens is 232 g/mol. The second-order valence-corrected chi connectivity index (χ2v) is 4.73. The number of aromatic amines is 1. The van der Waals surface area contributed by atoms with Crippen molar-refractivity contribution in [1.82, 2.24) is 4.98 Å². The van der Waals surface area contributed by atoms with Gasteiger partial charge in [-0.25, -0.2) is 0 Å². The summed E-state index contributed by atoms with van der Waals surface area (Å²) in [5, 5.41) is 1.20. The highest BCUT2D eigenvalue weighted by atomic mass is 15.1. The third-order valence-electron chi connectivity index (χ3n) is 3.58. The molecule has 0 aliphatic carbocycles. The summed E-state index contributed by atoms with van der Waals surface area (Å²) in [5.74, 6) is 0. The molecule has 0 unspecified atom stereocenters. The van der Waals surface area contributed by atoms with E-state index in [0.29, 0.717) is 0 Å². The van der Waals surface area contributed by atoms with Crippen molar-refractivity contribution in [2.45, 2.75) is 6.42 Å². The Morgan fingerprint density at radius 1 is 1.00 bits per heavy atom. The zero-order chi connectivity index (χ0) is 12.7. The van der Waals surface area contributed by atoms with Gasteiger partial charge in [0.1, 0.15) is 0 Å². The molecule has 0 spiro atoms. The highest BCUT2D eigenvalue weighted by molar-refractivity contribution is 5.95. The summed E-state index contributed by atoms with van der Waals surface area (Å²) >= 11 is 0. The van der Waals surface area contributed by atoms with Gasteiger partial charge in [-0.1, -0.05) is 42.5 Å². The first-order chi connectivity index (χ1) is 9.43. The van der Waals surface area contributed by atoms with E-state index in [9.17, 15) is 0 Å². The third kappa shape index (κ3) is 1.57. The number of para-hydroxylation sites is 2. The van der Waals surface area contributed by atoms with Crippen LogP contribution >= 0.6 is 0 Å². The second-order valence-electron chi connectivity index (χ2n) is 4.73. The van der Waals surface area contributed by atoms with Crippen LogP contribution in [0.5, 0.6) is 0 Å². The van der Waals surface area contributed by atoms with E-state index in [1.54, 1.807) is 0 Å². The number of allylic oxidation sites excluding steroid dienone is 1. The fraction of sp³-hybridized carbons (Fsp3) is 0.0588. The number of anilines is 2. The Kier molecular flexibility index (Phi) is 2.21. The van der Waals surface area contributed by atoms with Gasteiger partial charge in [0.15, 0.2) is 0 Å². The lowest BCUT2D eigenvalue weighted by Gasteiger charge is -2.25. The van der Waals surface area contributed by atoms with E-state index < -0.39 is 0 Å². The summed E-state index contributed by atoms with van der Waals surface area (Å²) < 4.78 is 0. The molecule has 4 rings (SSSR count). The number of rotatable bonds is 1. The number of hydrogen-bond donors (Lipinski definition) is 1. The van der Waals surface area contributed by atoms with Gasteiger partial charge < -0.3 is 9.88 Å². The third-order valence-corrected chi connectivity index (χ3v) is 3.58. The Hall–Kier alpha value is -2.48. The molecule has 2 nitrogen and oxygen atoms in total. The molecule has 1 aliphatic rings. The molecule has 0 saturated heterocycles. The molecular formula is C17H13N2. The fourth-order valence-corrected chi connectivity index (χ4v) is 2.66. The molecule has 2 heteroatoms. The van der Waals surface area contributed by atoms with Crippen molar-refractivity contribution in [1.29, 1.82) is 0 Å². The fourth-order valence-electron chi connectivity index (χ4n) is 2.66. The molecule has 0 saturated carbocycles. The Morgan fingerprint density at radius 2 is 1.84 bits per heavy atom. The summed E-state index contributed by atoms with van der Waals surface area (Å²) in [7, 11) is 0. The predicted octanol–water partition coefficient (Wildman–Crippen LogP) is 4.18. The van der Waals surface area contributed by atoms with Crippen molar-refractivity contribution >= 4 is 22.3 Å². The molecule has 19 heavy (non-hydrogen) atoms. The van der Waals surface area contributed by atoms with Gasteiger partial charge in [-0.05, 0) is 24.1 Å². The summed E-state index contributed by atoms with van der Waals surface area (Å²) in [6, 6.07) is 16.8. The topological polar surface area (TPSA) is 19.0 Å². The van der Waals surface area contributed by atoms with E-state index in [1.165, 1.54) is 16.6 Å². The van der Waals surface area contributed by atoms with Gasteiger partial charge in [-0.15, -0.1) is 0 Å². The Bertz CT molecular complexity index is 768. The van der Waals surface area contributed by atoms with E-state index in [1.807, 2.05) is 6.07 Å². The molecule has 1 aliphatic heterocycles. The molecule has 2 aromatic carbocycles. The van der Waals surface area contributed by atoms with Crippen LogP contribution in [0.2, 0.25) is 0 Å². The molecule has 1 N–H and O–H groups in total. The Morgan fingerprint density at radius 3 is 2.84 bits per heavy atom. The van der Waals surface area contributed by atoms with Gasteiger partial charge in [0.2, 0.25) is 0 Å². The normalized spacial score (nSPS) is 13.8. The quantitative estimate of drug-likeness (QED) is 0.681. The van der Waals surface area contributed by atoms with Crippen molar-refractivity contribution < 1.29 is 0 Å². The van der Waals surface area contributed by atoms with Crippen molar-refractivity contribution in [3.63, 3.8) is 0 Å². The van der Waals surface area contributed by atoms with Crippen LogP contribution in [0.25, 0.3) is 10.9 Å². The van der Waals surface area contributed by atoms with Gasteiger partial charge in [0, 0.05) is 22.8 Å². The van der Waals surface area contributed by atoms with Crippen LogP contribution in [0.3, 0.4) is 0 Å². The SMILES string of the molecule is [c]1[nH]c2ccccc2c1N1C=CCc2ccccc21. The van der Waals surface area contributed by atoms with Crippen LogP contribution in [-0.4, -0.2) is 4.98 Å². The number of hydrogen-bond acceptors (Lipinski definition) is 1. The summed E-state index contributed by atoms with van der Waals surface area (Å²) in [6.07, 6.45) is 8.59. The van der Waals surface area contributed by atoms with Gasteiger partial charge in [0.05, 0.1) is 11.9 Å². The van der Waals surface area contributed by atoms with Crippen molar-refractivity contribution in [3.05, 3.63) is 72.6 Å². The maximum absolute atomic E-state index is 3.27. The van der Waals surface area contributed by atoms with Gasteiger partial charge in [-0.3, -0.25) is 0 Å². The van der Waals surface area contributed by atoms with Crippen molar-refractivity contribution in [2.24, 2.45) is 0 Å². The van der Waals surface area contributed by atoms with E-state index in [4.69, 9.17) is 0 Å². The molecule has 0 atom stereocenters. The van der Waals surface area contributed by atoms with Crippen LogP contribution in [0.4, 0.5) is 11.4 Å². The molecule has 1 radical (unpaired) electrons. The number of nitrogens with one attached hydrogen (secondary N) is 1. The lowest BCUT2D eigenvalue weighted by molar-refractivity contribution is 1.13. The smallest absolute Gasteiger partial charge is 0.0897 e. The zero-order valence-electron chi connectivity index (χ0n) is 10.4. The zero-order valence-corrected chi connectivity index (χ0v) is 10.4. The Balaban J connectivity index is 1.93. The first-order valence-electron chi connectivity index (χ1n) is 6.46. The van der Waals surface area contributed by atoms with Gasteiger partial charge >= 0.3 is 0 Å². The number of nitrogens with zero attached hydrogens (tertiary/aromatic N) is 1. The predicted molar refractivity (Wildman–Crippen MR) is 78.6 cm³/mol. The highest BCUT2D eigenvalue weighted by Gasteiger charge is 2.16. The monoisotopic (exact) mass is 245 g/mol. The lowest BCUT2D eigenvalue weighted by atomic mass is 10.1. The molecule has 0 fully saturated rings. The first-order valence-corrected chi connectivity index (χ1v) is 6.46. The number of H-pyrrole nitrogens is 1. The summed E-state index contributed by atoms with van der Waals surface area (Å²) in [6.45, 7) is 0. The van der Waals surface area contributed by atoms with Crippen LogP contribution in [0.1, 0.15) is 5.56 Å². The van der Waals surface area contributed by atoms with Crippen LogP contribution in [0, 0.1) is 6.20 Å². The Labute approximate surface area is 112 Å². The number of benzene rings is 2. The van der Waals surface area contributed by atoms with Crippen LogP contribution in [-0.2, 0) is 6.42 Å². The van der Waals surface area contributed by atoms with E-state index in [-0.39, 0.29) is 0 Å². The van der Waals surface area contributed by atoms with E-state index >= 15 is 0 Å². The van der Waals surface area contributed by atoms with Crippen LogP contribution < -0.4 is 4.90 Å². The molecule has 0 bridgehead atoms. The lowest BCUT2D eigenvalue weighted by Crippen LogP contribution is -2.13. The summed E-state index contributed by atoms with van der Waals surface area (Å²) in [5.41, 5.74) is 4.79. The molecule has 3 aromatic rings. The molecule has 0 amide bonds. The molecule has 2 heterocycles. The van der Waals surface area contributed by atoms with Crippen LogP contribution in [0.15, 0.2) is 60.8 Å². The van der Waals surface area contributed by atoms with E-state index in [0.717, 1.165) is 17.6 Å². The van der Waals surface area contributed by atoms with Crippen molar-refractivity contribution in [3.8, 4) is 0 Å². The molecule has 91 valence electrons.